The number of nitrogens with one attached hydrogen (secondary N) is 1. The van der Waals surface area contributed by atoms with Gasteiger partial charge in [0.1, 0.15) is 6.54 Å². The number of rotatable bonds is 5. The van der Waals surface area contributed by atoms with E-state index in [1.54, 1.807) is 4.90 Å². The quantitative estimate of drug-likeness (QED) is 0.899. The van der Waals surface area contributed by atoms with Crippen LogP contribution < -0.4 is 5.32 Å². The van der Waals surface area contributed by atoms with Gasteiger partial charge in [0.2, 0.25) is 11.8 Å². The van der Waals surface area contributed by atoms with Crippen LogP contribution in [0.15, 0.2) is 18.2 Å². The number of anilines is 1. The lowest BCUT2D eigenvalue weighted by atomic mass is 10.1. The van der Waals surface area contributed by atoms with Crippen LogP contribution in [-0.4, -0.2) is 29.3 Å². The van der Waals surface area contributed by atoms with Gasteiger partial charge in [0.05, 0.1) is 0 Å². The summed E-state index contributed by atoms with van der Waals surface area (Å²) in [5.74, 6) is -0.228. The van der Waals surface area contributed by atoms with E-state index in [-0.39, 0.29) is 24.4 Å². The number of nitrogens with zero attached hydrogens (tertiary/aromatic N) is 1. The summed E-state index contributed by atoms with van der Waals surface area (Å²) in [6.07, 6.45) is 0.830. The molecule has 1 aromatic rings. The van der Waals surface area contributed by atoms with Gasteiger partial charge in [0.15, 0.2) is 0 Å². The molecule has 20 heavy (non-hydrogen) atoms. The first-order chi connectivity index (χ1) is 9.36. The van der Waals surface area contributed by atoms with Crippen LogP contribution in [0.3, 0.4) is 0 Å². The van der Waals surface area contributed by atoms with Gasteiger partial charge in [0.25, 0.3) is 0 Å². The number of benzene rings is 1. The van der Waals surface area contributed by atoms with E-state index in [1.165, 1.54) is 6.92 Å². The molecule has 0 aliphatic rings. The highest BCUT2D eigenvalue weighted by atomic mass is 16.2. The second kappa shape index (κ2) is 7.08. The second-order valence-corrected chi connectivity index (χ2v) is 5.22. The molecular weight excluding hydrogens is 252 g/mol. The number of para-hydroxylation sites is 1. The molecular formula is C16H24N2O2. The van der Waals surface area contributed by atoms with E-state index in [0.717, 1.165) is 23.2 Å². The Kier molecular flexibility index (Phi) is 5.74. The summed E-state index contributed by atoms with van der Waals surface area (Å²) in [6, 6.07) is 5.94. The number of carbonyl (C=O) groups excluding carboxylic acids is 2. The van der Waals surface area contributed by atoms with Crippen LogP contribution >= 0.6 is 0 Å². The summed E-state index contributed by atoms with van der Waals surface area (Å²) in [5.41, 5.74) is 2.89. The van der Waals surface area contributed by atoms with Crippen LogP contribution in [0.5, 0.6) is 0 Å². The molecule has 0 bridgehead atoms. The molecule has 0 saturated heterocycles. The standard InChI is InChI=1S/C16H24N2O2/c1-6-13(4)18(14(5)19)10-15(20)17-16-11(2)8-7-9-12(16)3/h7-9,13H,6,10H2,1-5H3,(H,17,20). The average Bonchev–Trinajstić information content (AvgIpc) is 2.39. The Balaban J connectivity index is 2.79. The fourth-order valence-electron chi connectivity index (χ4n) is 2.14. The van der Waals surface area contributed by atoms with Crippen LogP contribution in [0.25, 0.3) is 0 Å². The molecule has 1 unspecified atom stereocenters. The summed E-state index contributed by atoms with van der Waals surface area (Å²) >= 11 is 0. The molecule has 0 fully saturated rings. The van der Waals surface area contributed by atoms with Gasteiger partial charge in [-0.15, -0.1) is 0 Å². The maximum Gasteiger partial charge on any atom is 0.244 e. The smallest absolute Gasteiger partial charge is 0.244 e. The Hall–Kier alpha value is -1.84. The second-order valence-electron chi connectivity index (χ2n) is 5.22. The van der Waals surface area contributed by atoms with Crippen LogP contribution in [0.2, 0.25) is 0 Å². The third kappa shape index (κ3) is 4.08. The molecule has 4 nitrogen and oxygen atoms in total. The van der Waals surface area contributed by atoms with Gasteiger partial charge in [-0.3, -0.25) is 9.59 Å². The van der Waals surface area contributed by atoms with Crippen molar-refractivity contribution < 1.29 is 9.59 Å². The predicted octanol–water partition coefficient (Wildman–Crippen LogP) is 2.89. The number of hydrogen-bond donors (Lipinski definition) is 1. The van der Waals surface area contributed by atoms with Crippen LogP contribution in [0, 0.1) is 13.8 Å². The SMILES string of the molecule is CCC(C)N(CC(=O)Nc1c(C)cccc1C)C(C)=O. The Bertz CT molecular complexity index is 477. The molecule has 0 radical (unpaired) electrons. The molecule has 0 heterocycles. The molecule has 1 aromatic carbocycles. The van der Waals surface area contributed by atoms with Crippen molar-refractivity contribution in [3.63, 3.8) is 0 Å². The van der Waals surface area contributed by atoms with Gasteiger partial charge >= 0.3 is 0 Å². The van der Waals surface area contributed by atoms with E-state index in [4.69, 9.17) is 0 Å². The molecule has 0 spiro atoms. The van der Waals surface area contributed by atoms with Gasteiger partial charge in [0, 0.05) is 18.7 Å². The fraction of sp³-hybridized carbons (Fsp3) is 0.500. The van der Waals surface area contributed by atoms with E-state index in [1.807, 2.05) is 45.9 Å². The number of amides is 2. The van der Waals surface area contributed by atoms with E-state index in [0.29, 0.717) is 0 Å². The monoisotopic (exact) mass is 276 g/mol. The van der Waals surface area contributed by atoms with Crippen LogP contribution in [-0.2, 0) is 9.59 Å². The van der Waals surface area contributed by atoms with Crippen molar-refractivity contribution in [2.75, 3.05) is 11.9 Å². The summed E-state index contributed by atoms with van der Waals surface area (Å²) in [7, 11) is 0. The largest absolute Gasteiger partial charge is 0.331 e. The normalized spacial score (nSPS) is 11.8. The van der Waals surface area contributed by atoms with Crippen molar-refractivity contribution >= 4 is 17.5 Å². The third-order valence-electron chi connectivity index (χ3n) is 3.59. The van der Waals surface area contributed by atoms with Crippen molar-refractivity contribution in [3.05, 3.63) is 29.3 Å². The lowest BCUT2D eigenvalue weighted by Crippen LogP contribution is -2.42. The van der Waals surface area contributed by atoms with Gasteiger partial charge in [-0.1, -0.05) is 25.1 Å². The fourth-order valence-corrected chi connectivity index (χ4v) is 2.14. The Morgan fingerprint density at radius 3 is 2.25 bits per heavy atom. The zero-order valence-electron chi connectivity index (χ0n) is 13.0. The van der Waals surface area contributed by atoms with E-state index >= 15 is 0 Å². The minimum atomic E-state index is -0.155. The molecule has 1 rings (SSSR count). The molecule has 0 aromatic heterocycles. The molecule has 4 heteroatoms. The molecule has 0 aliphatic heterocycles. The minimum Gasteiger partial charge on any atom is -0.331 e. The third-order valence-corrected chi connectivity index (χ3v) is 3.59. The van der Waals surface area contributed by atoms with Crippen LogP contribution in [0.4, 0.5) is 5.69 Å². The maximum atomic E-state index is 12.1. The Morgan fingerprint density at radius 1 is 1.25 bits per heavy atom. The molecule has 110 valence electrons. The van der Waals surface area contributed by atoms with Crippen molar-refractivity contribution in [2.24, 2.45) is 0 Å². The number of hydrogen-bond acceptors (Lipinski definition) is 2. The van der Waals surface area contributed by atoms with Gasteiger partial charge < -0.3 is 10.2 Å². The van der Waals surface area contributed by atoms with E-state index < -0.39 is 0 Å². The lowest BCUT2D eigenvalue weighted by molar-refractivity contribution is -0.134. The summed E-state index contributed by atoms with van der Waals surface area (Å²) in [5, 5.41) is 2.91. The molecule has 2 amide bonds. The number of aryl methyl sites for hydroxylation is 2. The highest BCUT2D eigenvalue weighted by Crippen LogP contribution is 2.19. The zero-order chi connectivity index (χ0) is 15.3. The van der Waals surface area contributed by atoms with Gasteiger partial charge in [-0.2, -0.15) is 0 Å². The van der Waals surface area contributed by atoms with Gasteiger partial charge in [-0.25, -0.2) is 0 Å². The highest BCUT2D eigenvalue weighted by Gasteiger charge is 2.19. The first-order valence-corrected chi connectivity index (χ1v) is 7.00. The first-order valence-electron chi connectivity index (χ1n) is 7.00. The van der Waals surface area contributed by atoms with Crippen LogP contribution in [0.1, 0.15) is 38.3 Å². The van der Waals surface area contributed by atoms with Crippen molar-refractivity contribution in [3.8, 4) is 0 Å². The van der Waals surface area contributed by atoms with E-state index in [9.17, 15) is 9.59 Å². The minimum absolute atomic E-state index is 0.0659. The highest BCUT2D eigenvalue weighted by molar-refractivity contribution is 5.95. The Morgan fingerprint density at radius 2 is 1.80 bits per heavy atom. The zero-order valence-corrected chi connectivity index (χ0v) is 13.0. The average molecular weight is 276 g/mol. The van der Waals surface area contributed by atoms with E-state index in [2.05, 4.69) is 5.32 Å². The molecule has 0 aliphatic carbocycles. The molecule has 1 N–H and O–H groups in total. The maximum absolute atomic E-state index is 12.1. The Labute approximate surface area is 121 Å². The molecule has 0 saturated carbocycles. The topological polar surface area (TPSA) is 49.4 Å². The molecule has 1 atom stereocenters. The predicted molar refractivity (Wildman–Crippen MR) is 81.7 cm³/mol. The lowest BCUT2D eigenvalue weighted by Gasteiger charge is -2.27. The van der Waals surface area contributed by atoms with Crippen molar-refractivity contribution in [2.45, 2.75) is 47.1 Å². The summed E-state index contributed by atoms with van der Waals surface area (Å²) < 4.78 is 0. The van der Waals surface area contributed by atoms with Crippen molar-refractivity contribution in [1.29, 1.82) is 0 Å². The first kappa shape index (κ1) is 16.2. The summed E-state index contributed by atoms with van der Waals surface area (Å²) in [4.78, 5) is 25.4. The summed E-state index contributed by atoms with van der Waals surface area (Å²) in [6.45, 7) is 9.47. The van der Waals surface area contributed by atoms with Crippen molar-refractivity contribution in [1.82, 2.24) is 4.90 Å². The number of carbonyl (C=O) groups is 2. The van der Waals surface area contributed by atoms with Gasteiger partial charge in [-0.05, 0) is 38.3 Å².